The van der Waals surface area contributed by atoms with Crippen LogP contribution in [0.3, 0.4) is 0 Å². The van der Waals surface area contributed by atoms with Crippen LogP contribution in [0.15, 0.2) is 23.3 Å². The van der Waals surface area contributed by atoms with Crippen LogP contribution in [0, 0.1) is 6.92 Å². The van der Waals surface area contributed by atoms with Crippen molar-refractivity contribution in [1.29, 1.82) is 0 Å². The molecule has 5 nitrogen and oxygen atoms in total. The molecule has 0 saturated heterocycles. The summed E-state index contributed by atoms with van der Waals surface area (Å²) in [4.78, 5) is 22.8. The SMILES string of the molecule is Cc1ccc(Cl)c(NC(=O)C2=NNC(=O)CC2)c1. The molecule has 18 heavy (non-hydrogen) atoms. The zero-order valence-corrected chi connectivity index (χ0v) is 10.5. The van der Waals surface area contributed by atoms with Gasteiger partial charge in [0, 0.05) is 12.8 Å². The molecular formula is C12H12ClN3O2. The molecule has 2 amide bonds. The highest BCUT2D eigenvalue weighted by molar-refractivity contribution is 6.44. The topological polar surface area (TPSA) is 70.6 Å². The van der Waals surface area contributed by atoms with E-state index in [0.717, 1.165) is 5.56 Å². The molecule has 1 aromatic rings. The first-order chi connectivity index (χ1) is 8.56. The van der Waals surface area contributed by atoms with E-state index in [1.807, 2.05) is 13.0 Å². The van der Waals surface area contributed by atoms with Crippen LogP contribution in [0.5, 0.6) is 0 Å². The van der Waals surface area contributed by atoms with Gasteiger partial charge in [0.1, 0.15) is 5.71 Å². The first-order valence-electron chi connectivity index (χ1n) is 5.49. The van der Waals surface area contributed by atoms with Gasteiger partial charge in [-0.3, -0.25) is 9.59 Å². The highest BCUT2D eigenvalue weighted by atomic mass is 35.5. The average Bonchev–Trinajstić information content (AvgIpc) is 2.34. The molecule has 0 unspecified atom stereocenters. The van der Waals surface area contributed by atoms with Crippen LogP contribution in [0.2, 0.25) is 5.02 Å². The van der Waals surface area contributed by atoms with E-state index in [-0.39, 0.29) is 18.2 Å². The van der Waals surface area contributed by atoms with Crippen molar-refractivity contribution in [2.45, 2.75) is 19.8 Å². The summed E-state index contributed by atoms with van der Waals surface area (Å²) in [6.45, 7) is 1.91. The molecule has 1 aliphatic rings. The number of halogens is 1. The summed E-state index contributed by atoms with van der Waals surface area (Å²) in [5.74, 6) is -0.525. The lowest BCUT2D eigenvalue weighted by molar-refractivity contribution is -0.121. The lowest BCUT2D eigenvalue weighted by Crippen LogP contribution is -2.32. The Bertz CT molecular complexity index is 540. The number of anilines is 1. The van der Waals surface area contributed by atoms with Gasteiger partial charge in [-0.1, -0.05) is 17.7 Å². The Morgan fingerprint density at radius 3 is 2.89 bits per heavy atom. The number of rotatable bonds is 2. The molecule has 0 spiro atoms. The van der Waals surface area contributed by atoms with Crippen LogP contribution >= 0.6 is 11.6 Å². The lowest BCUT2D eigenvalue weighted by atomic mass is 10.1. The van der Waals surface area contributed by atoms with Gasteiger partial charge in [0.05, 0.1) is 10.7 Å². The maximum absolute atomic E-state index is 11.9. The summed E-state index contributed by atoms with van der Waals surface area (Å²) in [7, 11) is 0. The molecule has 0 saturated carbocycles. The summed E-state index contributed by atoms with van der Waals surface area (Å²) < 4.78 is 0. The van der Waals surface area contributed by atoms with Crippen molar-refractivity contribution in [3.05, 3.63) is 28.8 Å². The van der Waals surface area contributed by atoms with Gasteiger partial charge in [0.2, 0.25) is 5.91 Å². The summed E-state index contributed by atoms with van der Waals surface area (Å²) in [5.41, 5.74) is 4.12. The molecule has 1 aromatic carbocycles. The second-order valence-electron chi connectivity index (χ2n) is 4.03. The third-order valence-electron chi connectivity index (χ3n) is 2.54. The highest BCUT2D eigenvalue weighted by Crippen LogP contribution is 2.22. The quantitative estimate of drug-likeness (QED) is 0.857. The molecule has 2 rings (SSSR count). The van der Waals surface area contributed by atoms with E-state index >= 15 is 0 Å². The predicted molar refractivity (Wildman–Crippen MR) is 69.6 cm³/mol. The highest BCUT2D eigenvalue weighted by Gasteiger charge is 2.18. The fourth-order valence-electron chi connectivity index (χ4n) is 1.57. The van der Waals surface area contributed by atoms with Crippen molar-refractivity contribution in [3.63, 3.8) is 0 Å². The molecule has 0 radical (unpaired) electrons. The van der Waals surface area contributed by atoms with E-state index < -0.39 is 0 Å². The monoisotopic (exact) mass is 265 g/mol. The Hall–Kier alpha value is -1.88. The van der Waals surface area contributed by atoms with Crippen LogP contribution in [-0.2, 0) is 9.59 Å². The Morgan fingerprint density at radius 2 is 2.22 bits per heavy atom. The smallest absolute Gasteiger partial charge is 0.271 e. The number of carbonyl (C=O) groups excluding carboxylic acids is 2. The Balaban J connectivity index is 2.12. The minimum absolute atomic E-state index is 0.180. The normalized spacial score (nSPS) is 14.8. The van der Waals surface area contributed by atoms with Crippen LogP contribution in [0.4, 0.5) is 5.69 Å². The molecule has 0 fully saturated rings. The Morgan fingerprint density at radius 1 is 1.44 bits per heavy atom. The van der Waals surface area contributed by atoms with Crippen molar-refractivity contribution in [2.75, 3.05) is 5.32 Å². The second-order valence-corrected chi connectivity index (χ2v) is 4.44. The number of hydrogen-bond donors (Lipinski definition) is 2. The zero-order valence-electron chi connectivity index (χ0n) is 9.79. The maximum Gasteiger partial charge on any atom is 0.271 e. The van der Waals surface area contributed by atoms with E-state index in [1.165, 1.54) is 0 Å². The van der Waals surface area contributed by atoms with Gasteiger partial charge in [0.25, 0.3) is 5.91 Å². The summed E-state index contributed by atoms with van der Waals surface area (Å²) in [6, 6.07) is 5.36. The summed E-state index contributed by atoms with van der Waals surface area (Å²) >= 11 is 5.98. The number of hydrogen-bond acceptors (Lipinski definition) is 3. The van der Waals surface area contributed by atoms with E-state index in [9.17, 15) is 9.59 Å². The predicted octanol–water partition coefficient (Wildman–Crippen LogP) is 1.85. The minimum atomic E-state index is -0.345. The molecule has 94 valence electrons. The molecular weight excluding hydrogens is 254 g/mol. The number of carbonyl (C=O) groups is 2. The first-order valence-corrected chi connectivity index (χ1v) is 5.87. The average molecular weight is 266 g/mol. The minimum Gasteiger partial charge on any atom is -0.320 e. The van der Waals surface area contributed by atoms with Gasteiger partial charge < -0.3 is 5.32 Å². The van der Waals surface area contributed by atoms with E-state index in [1.54, 1.807) is 12.1 Å². The second kappa shape index (κ2) is 5.18. The molecule has 0 bridgehead atoms. The van der Waals surface area contributed by atoms with Crippen molar-refractivity contribution in [1.82, 2.24) is 5.43 Å². The van der Waals surface area contributed by atoms with Crippen LogP contribution in [0.1, 0.15) is 18.4 Å². The van der Waals surface area contributed by atoms with Crippen molar-refractivity contribution in [3.8, 4) is 0 Å². The molecule has 1 heterocycles. The number of hydrazone groups is 1. The summed E-state index contributed by atoms with van der Waals surface area (Å²) in [6.07, 6.45) is 0.606. The maximum atomic E-state index is 11.9. The van der Waals surface area contributed by atoms with E-state index in [2.05, 4.69) is 15.8 Å². The fourth-order valence-corrected chi connectivity index (χ4v) is 1.73. The van der Waals surface area contributed by atoms with Gasteiger partial charge in [0.15, 0.2) is 0 Å². The fraction of sp³-hybridized carbons (Fsp3) is 0.250. The molecule has 6 heteroatoms. The van der Waals surface area contributed by atoms with Crippen LogP contribution in [0.25, 0.3) is 0 Å². The zero-order chi connectivity index (χ0) is 13.1. The van der Waals surface area contributed by atoms with Crippen LogP contribution < -0.4 is 10.7 Å². The Labute approximate surface area is 109 Å². The van der Waals surface area contributed by atoms with Crippen molar-refractivity contribution < 1.29 is 9.59 Å². The van der Waals surface area contributed by atoms with Gasteiger partial charge >= 0.3 is 0 Å². The molecule has 0 atom stereocenters. The molecule has 2 N–H and O–H groups in total. The lowest BCUT2D eigenvalue weighted by Gasteiger charge is -2.13. The van der Waals surface area contributed by atoms with E-state index in [4.69, 9.17) is 11.6 Å². The molecule has 0 aromatic heterocycles. The van der Waals surface area contributed by atoms with E-state index in [0.29, 0.717) is 22.8 Å². The standard InChI is InChI=1S/C12H12ClN3O2/c1-7-2-3-8(13)10(6-7)14-12(18)9-4-5-11(17)16-15-9/h2-3,6H,4-5H2,1H3,(H,14,18)(H,16,17). The summed E-state index contributed by atoms with van der Waals surface area (Å²) in [5, 5.41) is 6.87. The van der Waals surface area contributed by atoms with Crippen molar-refractivity contribution in [2.24, 2.45) is 5.10 Å². The first kappa shape index (κ1) is 12.6. The molecule has 0 aliphatic carbocycles. The van der Waals surface area contributed by atoms with Crippen LogP contribution in [-0.4, -0.2) is 17.5 Å². The van der Waals surface area contributed by atoms with Gasteiger partial charge in [-0.25, -0.2) is 5.43 Å². The van der Waals surface area contributed by atoms with Gasteiger partial charge in [-0.2, -0.15) is 5.10 Å². The third-order valence-corrected chi connectivity index (χ3v) is 2.87. The van der Waals surface area contributed by atoms with Gasteiger partial charge in [-0.15, -0.1) is 0 Å². The number of amides is 2. The number of benzene rings is 1. The third kappa shape index (κ3) is 2.87. The largest absolute Gasteiger partial charge is 0.320 e. The van der Waals surface area contributed by atoms with Gasteiger partial charge in [-0.05, 0) is 24.6 Å². The molecule has 1 aliphatic heterocycles. The Kier molecular flexibility index (Phi) is 3.62. The number of nitrogens with zero attached hydrogens (tertiary/aromatic N) is 1. The van der Waals surface area contributed by atoms with Crippen molar-refractivity contribution >= 4 is 34.8 Å². The number of nitrogens with one attached hydrogen (secondary N) is 2. The number of aryl methyl sites for hydroxylation is 1.